The van der Waals surface area contributed by atoms with Gasteiger partial charge in [0.15, 0.2) is 0 Å². The maximum Gasteiger partial charge on any atom is 0.223 e. The number of hydrogen-bond donors (Lipinski definition) is 1. The SMILES string of the molecule is CC1CCCC(C)(C)NC1=O. The van der Waals surface area contributed by atoms with Gasteiger partial charge in [-0.15, -0.1) is 0 Å². The molecule has 64 valence electrons. The lowest BCUT2D eigenvalue weighted by Crippen LogP contribution is -2.43. The summed E-state index contributed by atoms with van der Waals surface area (Å²) in [6.07, 6.45) is 3.30. The molecule has 1 atom stereocenters. The van der Waals surface area contributed by atoms with Crippen LogP contribution < -0.4 is 5.32 Å². The molecule has 0 bridgehead atoms. The first kappa shape index (κ1) is 8.57. The number of rotatable bonds is 0. The van der Waals surface area contributed by atoms with Crippen LogP contribution >= 0.6 is 0 Å². The fraction of sp³-hybridized carbons (Fsp3) is 0.889. The normalized spacial score (nSPS) is 30.8. The van der Waals surface area contributed by atoms with Gasteiger partial charge in [0, 0.05) is 11.5 Å². The van der Waals surface area contributed by atoms with Crippen molar-refractivity contribution in [3.63, 3.8) is 0 Å². The zero-order valence-corrected chi connectivity index (χ0v) is 7.61. The molecular weight excluding hydrogens is 138 g/mol. The fourth-order valence-corrected chi connectivity index (χ4v) is 1.50. The lowest BCUT2D eigenvalue weighted by Gasteiger charge is -2.23. The molecular formula is C9H17NO. The molecule has 1 unspecified atom stereocenters. The highest BCUT2D eigenvalue weighted by molar-refractivity contribution is 5.79. The van der Waals surface area contributed by atoms with Gasteiger partial charge in [0.25, 0.3) is 0 Å². The van der Waals surface area contributed by atoms with Crippen molar-refractivity contribution in [2.24, 2.45) is 5.92 Å². The molecule has 11 heavy (non-hydrogen) atoms. The van der Waals surface area contributed by atoms with Crippen molar-refractivity contribution >= 4 is 5.91 Å². The molecule has 0 aromatic carbocycles. The Hall–Kier alpha value is -0.530. The highest BCUT2D eigenvalue weighted by Gasteiger charge is 2.26. The molecule has 1 N–H and O–H groups in total. The minimum atomic E-state index is 0.0157. The van der Waals surface area contributed by atoms with Gasteiger partial charge in [-0.1, -0.05) is 13.3 Å². The van der Waals surface area contributed by atoms with E-state index in [0.717, 1.165) is 19.3 Å². The van der Waals surface area contributed by atoms with E-state index in [1.54, 1.807) is 0 Å². The first-order chi connectivity index (χ1) is 5.01. The van der Waals surface area contributed by atoms with Crippen LogP contribution in [0, 0.1) is 5.92 Å². The molecule has 1 heterocycles. The maximum atomic E-state index is 11.3. The van der Waals surface area contributed by atoms with E-state index in [4.69, 9.17) is 0 Å². The third-order valence-electron chi connectivity index (χ3n) is 2.35. The van der Waals surface area contributed by atoms with Crippen molar-refractivity contribution < 1.29 is 4.79 Å². The minimum Gasteiger partial charge on any atom is -0.351 e. The Morgan fingerprint density at radius 3 is 2.82 bits per heavy atom. The average Bonchev–Trinajstić information content (AvgIpc) is 1.93. The van der Waals surface area contributed by atoms with E-state index >= 15 is 0 Å². The van der Waals surface area contributed by atoms with Crippen LogP contribution in [0.1, 0.15) is 40.0 Å². The molecule has 1 aliphatic heterocycles. The Bertz CT molecular complexity index is 163. The van der Waals surface area contributed by atoms with Gasteiger partial charge in [-0.05, 0) is 26.7 Å². The van der Waals surface area contributed by atoms with Crippen molar-refractivity contribution in [3.8, 4) is 0 Å². The lowest BCUT2D eigenvalue weighted by atomic mass is 9.98. The highest BCUT2D eigenvalue weighted by Crippen LogP contribution is 2.21. The van der Waals surface area contributed by atoms with Gasteiger partial charge < -0.3 is 5.32 Å². The fourth-order valence-electron chi connectivity index (χ4n) is 1.50. The summed E-state index contributed by atoms with van der Waals surface area (Å²) < 4.78 is 0. The topological polar surface area (TPSA) is 29.1 Å². The number of amides is 1. The summed E-state index contributed by atoms with van der Waals surface area (Å²) in [6, 6.07) is 0. The average molecular weight is 155 g/mol. The monoisotopic (exact) mass is 155 g/mol. The van der Waals surface area contributed by atoms with Crippen molar-refractivity contribution in [1.82, 2.24) is 5.32 Å². The van der Waals surface area contributed by atoms with E-state index < -0.39 is 0 Å². The van der Waals surface area contributed by atoms with Gasteiger partial charge in [-0.3, -0.25) is 4.79 Å². The Kier molecular flexibility index (Phi) is 2.21. The van der Waals surface area contributed by atoms with Gasteiger partial charge in [-0.2, -0.15) is 0 Å². The van der Waals surface area contributed by atoms with Gasteiger partial charge in [0.2, 0.25) is 5.91 Å². The molecule has 1 rings (SSSR count). The van der Waals surface area contributed by atoms with Crippen molar-refractivity contribution in [2.75, 3.05) is 0 Å². The van der Waals surface area contributed by atoms with Gasteiger partial charge in [0.05, 0.1) is 0 Å². The minimum absolute atomic E-state index is 0.0157. The van der Waals surface area contributed by atoms with Crippen LogP contribution in [-0.2, 0) is 4.79 Å². The van der Waals surface area contributed by atoms with Crippen LogP contribution in [0.3, 0.4) is 0 Å². The highest BCUT2D eigenvalue weighted by atomic mass is 16.2. The van der Waals surface area contributed by atoms with Crippen LogP contribution in [0.25, 0.3) is 0 Å². The third kappa shape index (κ3) is 2.21. The molecule has 1 saturated heterocycles. The van der Waals surface area contributed by atoms with Crippen molar-refractivity contribution in [1.29, 1.82) is 0 Å². The predicted octanol–water partition coefficient (Wildman–Crippen LogP) is 1.70. The summed E-state index contributed by atoms with van der Waals surface area (Å²) in [5.74, 6) is 0.421. The summed E-state index contributed by atoms with van der Waals surface area (Å²) in [7, 11) is 0. The summed E-state index contributed by atoms with van der Waals surface area (Å²) >= 11 is 0. The summed E-state index contributed by atoms with van der Waals surface area (Å²) in [6.45, 7) is 6.17. The largest absolute Gasteiger partial charge is 0.351 e. The molecule has 0 aliphatic carbocycles. The number of carbonyl (C=O) groups excluding carboxylic acids is 1. The standard InChI is InChI=1S/C9H17NO/c1-7-5-4-6-9(2,3)10-8(7)11/h7H,4-6H2,1-3H3,(H,10,11). The second-order valence-electron chi connectivity index (χ2n) is 4.17. The Morgan fingerprint density at radius 1 is 1.55 bits per heavy atom. The molecule has 1 fully saturated rings. The van der Waals surface area contributed by atoms with E-state index in [1.165, 1.54) is 0 Å². The van der Waals surface area contributed by atoms with Crippen LogP contribution in [-0.4, -0.2) is 11.4 Å². The second kappa shape index (κ2) is 2.84. The lowest BCUT2D eigenvalue weighted by molar-refractivity contribution is -0.125. The number of hydrogen-bond acceptors (Lipinski definition) is 1. The predicted molar refractivity (Wildman–Crippen MR) is 45.2 cm³/mol. The van der Waals surface area contributed by atoms with Crippen LogP contribution in [0.15, 0.2) is 0 Å². The molecule has 0 radical (unpaired) electrons. The van der Waals surface area contributed by atoms with Gasteiger partial charge >= 0.3 is 0 Å². The molecule has 0 aromatic heterocycles. The molecule has 1 aliphatic rings. The van der Waals surface area contributed by atoms with Crippen molar-refractivity contribution in [3.05, 3.63) is 0 Å². The first-order valence-corrected chi connectivity index (χ1v) is 4.33. The number of nitrogens with one attached hydrogen (secondary N) is 1. The van der Waals surface area contributed by atoms with Crippen LogP contribution in [0.2, 0.25) is 0 Å². The molecule has 0 saturated carbocycles. The van der Waals surface area contributed by atoms with Gasteiger partial charge in [0.1, 0.15) is 0 Å². The Balaban J connectivity index is 2.63. The summed E-state index contributed by atoms with van der Waals surface area (Å²) in [4.78, 5) is 11.3. The zero-order chi connectivity index (χ0) is 8.48. The van der Waals surface area contributed by atoms with E-state index in [0.29, 0.717) is 0 Å². The van der Waals surface area contributed by atoms with E-state index in [2.05, 4.69) is 19.2 Å². The van der Waals surface area contributed by atoms with E-state index in [9.17, 15) is 4.79 Å². The molecule has 0 aromatic rings. The van der Waals surface area contributed by atoms with Crippen LogP contribution in [0.4, 0.5) is 0 Å². The molecule has 2 heteroatoms. The summed E-state index contributed by atoms with van der Waals surface area (Å²) in [5, 5.41) is 3.03. The Morgan fingerprint density at radius 2 is 2.18 bits per heavy atom. The van der Waals surface area contributed by atoms with E-state index in [-0.39, 0.29) is 17.4 Å². The van der Waals surface area contributed by atoms with Crippen molar-refractivity contribution in [2.45, 2.75) is 45.6 Å². The maximum absolute atomic E-state index is 11.3. The van der Waals surface area contributed by atoms with E-state index in [1.807, 2.05) is 6.92 Å². The second-order valence-corrected chi connectivity index (χ2v) is 4.17. The molecule has 2 nitrogen and oxygen atoms in total. The summed E-state index contributed by atoms with van der Waals surface area (Å²) in [5.41, 5.74) is 0.0157. The quantitative estimate of drug-likeness (QED) is 0.567. The smallest absolute Gasteiger partial charge is 0.223 e. The molecule has 1 amide bonds. The third-order valence-corrected chi connectivity index (χ3v) is 2.35. The first-order valence-electron chi connectivity index (χ1n) is 4.33. The Labute approximate surface area is 68.4 Å². The van der Waals surface area contributed by atoms with Crippen LogP contribution in [0.5, 0.6) is 0 Å². The van der Waals surface area contributed by atoms with Gasteiger partial charge in [-0.25, -0.2) is 0 Å². The molecule has 0 spiro atoms. The zero-order valence-electron chi connectivity index (χ0n) is 7.61. The number of carbonyl (C=O) groups is 1.